The van der Waals surface area contributed by atoms with Crippen molar-refractivity contribution in [3.05, 3.63) is 35.4 Å². The van der Waals surface area contributed by atoms with Crippen molar-refractivity contribution >= 4 is 0 Å². The number of piperazine rings is 1. The number of hydrogen-bond acceptors (Lipinski definition) is 2. The first-order chi connectivity index (χ1) is 8.19. The highest BCUT2D eigenvalue weighted by Crippen LogP contribution is 2.15. The van der Waals surface area contributed by atoms with E-state index in [0.717, 1.165) is 19.6 Å². The molecule has 0 spiro atoms. The molecule has 1 aromatic rings. The first-order valence-corrected chi connectivity index (χ1v) is 6.72. The Morgan fingerprint density at radius 2 is 2.00 bits per heavy atom. The van der Waals surface area contributed by atoms with Crippen molar-refractivity contribution in [2.24, 2.45) is 0 Å². The van der Waals surface area contributed by atoms with Gasteiger partial charge in [-0.15, -0.1) is 0 Å². The van der Waals surface area contributed by atoms with Crippen molar-refractivity contribution in [1.29, 1.82) is 0 Å². The van der Waals surface area contributed by atoms with Crippen LogP contribution in [0.15, 0.2) is 24.3 Å². The first kappa shape index (κ1) is 12.6. The zero-order chi connectivity index (χ0) is 12.3. The molecule has 2 nitrogen and oxygen atoms in total. The van der Waals surface area contributed by atoms with E-state index in [1.54, 1.807) is 0 Å². The number of benzene rings is 1. The van der Waals surface area contributed by atoms with Gasteiger partial charge in [-0.1, -0.05) is 36.8 Å². The fraction of sp³-hybridized carbons (Fsp3) is 0.600. The van der Waals surface area contributed by atoms with E-state index in [1.165, 1.54) is 17.5 Å². The molecule has 0 aliphatic carbocycles. The van der Waals surface area contributed by atoms with E-state index in [2.05, 4.69) is 55.3 Å². The standard InChI is InChI=1S/C15H24N2/c1-4-15-9-16-13(3)10-17(15)11-14-7-5-12(2)6-8-14/h5-8,13,15-16H,4,9-11H2,1-3H3. The van der Waals surface area contributed by atoms with Crippen LogP contribution >= 0.6 is 0 Å². The van der Waals surface area contributed by atoms with Crippen molar-refractivity contribution in [2.75, 3.05) is 13.1 Å². The van der Waals surface area contributed by atoms with Gasteiger partial charge in [-0.2, -0.15) is 0 Å². The van der Waals surface area contributed by atoms with Gasteiger partial charge in [-0.3, -0.25) is 4.90 Å². The van der Waals surface area contributed by atoms with E-state index >= 15 is 0 Å². The van der Waals surface area contributed by atoms with Crippen LogP contribution in [0.25, 0.3) is 0 Å². The first-order valence-electron chi connectivity index (χ1n) is 6.72. The summed E-state index contributed by atoms with van der Waals surface area (Å²) in [5.74, 6) is 0. The van der Waals surface area contributed by atoms with Crippen molar-refractivity contribution in [3.8, 4) is 0 Å². The van der Waals surface area contributed by atoms with Crippen molar-refractivity contribution in [3.63, 3.8) is 0 Å². The highest BCUT2D eigenvalue weighted by Gasteiger charge is 2.24. The summed E-state index contributed by atoms with van der Waals surface area (Å²) < 4.78 is 0. The predicted molar refractivity (Wildman–Crippen MR) is 73.1 cm³/mol. The van der Waals surface area contributed by atoms with Gasteiger partial charge < -0.3 is 5.32 Å². The topological polar surface area (TPSA) is 15.3 Å². The lowest BCUT2D eigenvalue weighted by molar-refractivity contribution is 0.124. The maximum absolute atomic E-state index is 3.57. The van der Waals surface area contributed by atoms with Gasteiger partial charge in [0.15, 0.2) is 0 Å². The summed E-state index contributed by atoms with van der Waals surface area (Å²) in [7, 11) is 0. The monoisotopic (exact) mass is 232 g/mol. The molecule has 1 aliphatic rings. The van der Waals surface area contributed by atoms with E-state index < -0.39 is 0 Å². The highest BCUT2D eigenvalue weighted by molar-refractivity contribution is 5.21. The van der Waals surface area contributed by atoms with Gasteiger partial charge >= 0.3 is 0 Å². The summed E-state index contributed by atoms with van der Waals surface area (Å²) >= 11 is 0. The summed E-state index contributed by atoms with van der Waals surface area (Å²) in [6, 6.07) is 10.2. The van der Waals surface area contributed by atoms with E-state index in [1.807, 2.05) is 0 Å². The van der Waals surface area contributed by atoms with Gasteiger partial charge in [0.05, 0.1) is 0 Å². The minimum atomic E-state index is 0.614. The molecule has 2 unspecified atom stereocenters. The van der Waals surface area contributed by atoms with Crippen LogP contribution < -0.4 is 5.32 Å². The molecule has 2 atom stereocenters. The minimum Gasteiger partial charge on any atom is -0.311 e. The van der Waals surface area contributed by atoms with Gasteiger partial charge in [0.25, 0.3) is 0 Å². The number of nitrogens with one attached hydrogen (secondary N) is 1. The molecule has 0 bridgehead atoms. The molecule has 1 fully saturated rings. The molecule has 1 saturated heterocycles. The molecule has 1 heterocycles. The maximum atomic E-state index is 3.57. The average molecular weight is 232 g/mol. The Hall–Kier alpha value is -0.860. The van der Waals surface area contributed by atoms with Crippen molar-refractivity contribution in [2.45, 2.75) is 45.8 Å². The number of rotatable bonds is 3. The molecule has 94 valence electrons. The van der Waals surface area contributed by atoms with E-state index in [4.69, 9.17) is 0 Å². The summed E-state index contributed by atoms with van der Waals surface area (Å²) in [5, 5.41) is 3.57. The highest BCUT2D eigenvalue weighted by atomic mass is 15.2. The van der Waals surface area contributed by atoms with Crippen LogP contribution in [-0.4, -0.2) is 30.1 Å². The maximum Gasteiger partial charge on any atom is 0.0237 e. The second kappa shape index (κ2) is 5.65. The Kier molecular flexibility index (Phi) is 4.19. The third-order valence-electron chi connectivity index (χ3n) is 3.70. The van der Waals surface area contributed by atoms with Crippen molar-refractivity contribution in [1.82, 2.24) is 10.2 Å². The molecule has 0 saturated carbocycles. The molecule has 0 amide bonds. The molecule has 1 aromatic carbocycles. The summed E-state index contributed by atoms with van der Waals surface area (Å²) in [5.41, 5.74) is 2.78. The van der Waals surface area contributed by atoms with Crippen LogP contribution in [0.5, 0.6) is 0 Å². The van der Waals surface area contributed by atoms with E-state index in [-0.39, 0.29) is 0 Å². The Morgan fingerprint density at radius 3 is 2.65 bits per heavy atom. The molecule has 0 aromatic heterocycles. The lowest BCUT2D eigenvalue weighted by atomic mass is 10.1. The van der Waals surface area contributed by atoms with Gasteiger partial charge in [0, 0.05) is 31.7 Å². The quantitative estimate of drug-likeness (QED) is 0.861. The second-order valence-electron chi connectivity index (χ2n) is 5.29. The molecular formula is C15H24N2. The molecular weight excluding hydrogens is 208 g/mol. The summed E-state index contributed by atoms with van der Waals surface area (Å²) in [6.07, 6.45) is 1.23. The van der Waals surface area contributed by atoms with Crippen LogP contribution in [0.4, 0.5) is 0 Å². The zero-order valence-corrected chi connectivity index (χ0v) is 11.2. The van der Waals surface area contributed by atoms with E-state index in [0.29, 0.717) is 12.1 Å². The molecule has 0 radical (unpaired) electrons. The molecule has 1 aliphatic heterocycles. The van der Waals surface area contributed by atoms with Crippen molar-refractivity contribution < 1.29 is 0 Å². The smallest absolute Gasteiger partial charge is 0.0237 e. The number of hydrogen-bond donors (Lipinski definition) is 1. The molecule has 1 N–H and O–H groups in total. The van der Waals surface area contributed by atoms with Gasteiger partial charge in [0.2, 0.25) is 0 Å². The van der Waals surface area contributed by atoms with Gasteiger partial charge in [-0.05, 0) is 25.8 Å². The normalized spacial score (nSPS) is 26.1. The van der Waals surface area contributed by atoms with Crippen LogP contribution in [-0.2, 0) is 6.54 Å². The number of nitrogens with zero attached hydrogens (tertiary/aromatic N) is 1. The van der Waals surface area contributed by atoms with Gasteiger partial charge in [0.1, 0.15) is 0 Å². The SMILES string of the molecule is CCC1CNC(C)CN1Cc1ccc(C)cc1. The van der Waals surface area contributed by atoms with Crippen LogP contribution in [0.2, 0.25) is 0 Å². The third kappa shape index (κ3) is 3.30. The predicted octanol–water partition coefficient (Wildman–Crippen LogP) is 2.57. The van der Waals surface area contributed by atoms with E-state index in [9.17, 15) is 0 Å². The Bertz CT molecular complexity index is 344. The van der Waals surface area contributed by atoms with Crippen LogP contribution in [0.1, 0.15) is 31.4 Å². The van der Waals surface area contributed by atoms with Crippen LogP contribution in [0, 0.1) is 6.92 Å². The fourth-order valence-electron chi connectivity index (χ4n) is 2.56. The lowest BCUT2D eigenvalue weighted by Gasteiger charge is -2.39. The molecule has 2 rings (SSSR count). The zero-order valence-electron chi connectivity index (χ0n) is 11.2. The summed E-state index contributed by atoms with van der Waals surface area (Å²) in [4.78, 5) is 2.62. The lowest BCUT2D eigenvalue weighted by Crippen LogP contribution is -2.54. The van der Waals surface area contributed by atoms with Crippen LogP contribution in [0.3, 0.4) is 0 Å². The Balaban J connectivity index is 2.02. The minimum absolute atomic E-state index is 0.614. The summed E-state index contributed by atoms with van der Waals surface area (Å²) in [6.45, 7) is 10.1. The third-order valence-corrected chi connectivity index (χ3v) is 3.70. The Labute approximate surface area is 105 Å². The van der Waals surface area contributed by atoms with Gasteiger partial charge in [-0.25, -0.2) is 0 Å². The molecule has 2 heteroatoms. The number of aryl methyl sites for hydroxylation is 1. The second-order valence-corrected chi connectivity index (χ2v) is 5.29. The fourth-order valence-corrected chi connectivity index (χ4v) is 2.56. The largest absolute Gasteiger partial charge is 0.311 e. The Morgan fingerprint density at radius 1 is 1.29 bits per heavy atom. The average Bonchev–Trinajstić information content (AvgIpc) is 2.32. The molecule has 17 heavy (non-hydrogen) atoms.